The Morgan fingerprint density at radius 1 is 1.12 bits per heavy atom. The summed E-state index contributed by atoms with van der Waals surface area (Å²) in [7, 11) is 1.76. The molecule has 7 heteroatoms. The van der Waals surface area contributed by atoms with Crippen LogP contribution in [0.1, 0.15) is 6.92 Å². The summed E-state index contributed by atoms with van der Waals surface area (Å²) in [6.07, 6.45) is 0. The van der Waals surface area contributed by atoms with Gasteiger partial charge in [0.1, 0.15) is 5.82 Å². The van der Waals surface area contributed by atoms with Gasteiger partial charge in [-0.3, -0.25) is 9.59 Å². The van der Waals surface area contributed by atoms with Gasteiger partial charge in [-0.15, -0.1) is 0 Å². The van der Waals surface area contributed by atoms with Crippen molar-refractivity contribution >= 4 is 34.8 Å². The van der Waals surface area contributed by atoms with Gasteiger partial charge in [-0.1, -0.05) is 17.7 Å². The predicted octanol–water partition coefficient (Wildman–Crippen LogP) is 1.96. The molecule has 3 N–H and O–H groups in total. The van der Waals surface area contributed by atoms with E-state index in [4.69, 9.17) is 11.6 Å². The minimum Gasteiger partial charge on any atom is -0.321 e. The number of likely N-dealkylation sites (N-methyl/N-ethyl adjacent to an activating group) is 1. The normalized spacial score (nSPS) is 13.0. The zero-order valence-electron chi connectivity index (χ0n) is 14.0. The standard InChI is InChI=1S/C18H19ClFN3O2/c1-12(18(25)22-16-5-3-4-13(19)10-16)23(2)11-17(24)21-15-8-6-14(20)7-9-15/h3-10,12H,11H2,1-2H3,(H,21,24)(H,22,25)/p+1/t12-/m1/s1. The van der Waals surface area contributed by atoms with E-state index in [1.807, 2.05) is 0 Å². The fourth-order valence-electron chi connectivity index (χ4n) is 2.19. The first-order chi connectivity index (χ1) is 11.8. The van der Waals surface area contributed by atoms with Gasteiger partial charge in [0.05, 0.1) is 7.05 Å². The van der Waals surface area contributed by atoms with Crippen molar-refractivity contribution in [2.24, 2.45) is 0 Å². The molecule has 0 fully saturated rings. The SMILES string of the molecule is C[C@H](C(=O)Nc1cccc(Cl)c1)[NH+](C)CC(=O)Nc1ccc(F)cc1. The molecule has 0 saturated carbocycles. The molecule has 0 aromatic heterocycles. The minimum absolute atomic E-state index is 0.0987. The molecular weight excluding hydrogens is 345 g/mol. The van der Waals surface area contributed by atoms with Gasteiger partial charge < -0.3 is 15.5 Å². The predicted molar refractivity (Wildman–Crippen MR) is 96.3 cm³/mol. The van der Waals surface area contributed by atoms with E-state index in [2.05, 4.69) is 10.6 Å². The summed E-state index contributed by atoms with van der Waals surface area (Å²) in [6.45, 7) is 1.84. The Hall–Kier alpha value is -2.44. The number of hydrogen-bond donors (Lipinski definition) is 3. The summed E-state index contributed by atoms with van der Waals surface area (Å²) in [6, 6.07) is 11.9. The van der Waals surface area contributed by atoms with Crippen LogP contribution in [-0.4, -0.2) is 31.4 Å². The van der Waals surface area contributed by atoms with Crippen molar-refractivity contribution in [1.82, 2.24) is 0 Å². The number of nitrogens with one attached hydrogen (secondary N) is 3. The zero-order chi connectivity index (χ0) is 18.4. The van der Waals surface area contributed by atoms with Crippen LogP contribution in [-0.2, 0) is 9.59 Å². The second-order valence-corrected chi connectivity index (χ2v) is 6.24. The third-order valence-corrected chi connectivity index (χ3v) is 4.03. The average Bonchev–Trinajstić information content (AvgIpc) is 2.56. The molecule has 2 aromatic carbocycles. The summed E-state index contributed by atoms with van der Waals surface area (Å²) >= 11 is 5.89. The van der Waals surface area contributed by atoms with Gasteiger partial charge in [-0.2, -0.15) is 0 Å². The van der Waals surface area contributed by atoms with E-state index in [0.29, 0.717) is 16.4 Å². The van der Waals surface area contributed by atoms with Crippen LogP contribution < -0.4 is 15.5 Å². The molecule has 2 aromatic rings. The molecule has 0 heterocycles. The number of quaternary nitrogens is 1. The number of benzene rings is 2. The van der Waals surface area contributed by atoms with Crippen molar-refractivity contribution in [2.75, 3.05) is 24.2 Å². The molecule has 0 saturated heterocycles. The van der Waals surface area contributed by atoms with Crippen LogP contribution in [0.15, 0.2) is 48.5 Å². The van der Waals surface area contributed by atoms with E-state index >= 15 is 0 Å². The van der Waals surface area contributed by atoms with Crippen molar-refractivity contribution in [3.05, 3.63) is 59.4 Å². The third-order valence-electron chi connectivity index (χ3n) is 3.79. The Labute approximate surface area is 150 Å². The largest absolute Gasteiger partial charge is 0.321 e. The summed E-state index contributed by atoms with van der Waals surface area (Å²) in [5, 5.41) is 5.98. The number of anilines is 2. The van der Waals surface area contributed by atoms with Crippen LogP contribution in [0.3, 0.4) is 0 Å². The maximum Gasteiger partial charge on any atom is 0.282 e. The van der Waals surface area contributed by atoms with Gasteiger partial charge in [0.2, 0.25) is 0 Å². The summed E-state index contributed by atoms with van der Waals surface area (Å²) in [5.41, 5.74) is 1.11. The molecule has 5 nitrogen and oxygen atoms in total. The highest BCUT2D eigenvalue weighted by molar-refractivity contribution is 6.30. The second kappa shape index (κ2) is 8.60. The lowest BCUT2D eigenvalue weighted by molar-refractivity contribution is -0.885. The topological polar surface area (TPSA) is 62.6 Å². The van der Waals surface area contributed by atoms with E-state index in [1.54, 1.807) is 38.2 Å². The zero-order valence-corrected chi connectivity index (χ0v) is 14.7. The van der Waals surface area contributed by atoms with E-state index in [0.717, 1.165) is 4.90 Å². The second-order valence-electron chi connectivity index (χ2n) is 5.80. The molecule has 0 aliphatic heterocycles. The van der Waals surface area contributed by atoms with Crippen molar-refractivity contribution in [1.29, 1.82) is 0 Å². The first-order valence-electron chi connectivity index (χ1n) is 7.79. The lowest BCUT2D eigenvalue weighted by atomic mass is 10.2. The average molecular weight is 365 g/mol. The lowest BCUT2D eigenvalue weighted by Crippen LogP contribution is -3.14. The number of hydrogen-bond acceptors (Lipinski definition) is 2. The van der Waals surface area contributed by atoms with Crippen molar-refractivity contribution in [2.45, 2.75) is 13.0 Å². The van der Waals surface area contributed by atoms with E-state index in [1.165, 1.54) is 24.3 Å². The number of carbonyl (C=O) groups is 2. The van der Waals surface area contributed by atoms with Gasteiger partial charge in [0.25, 0.3) is 11.8 Å². The van der Waals surface area contributed by atoms with Crippen LogP contribution in [0.2, 0.25) is 5.02 Å². The molecule has 0 aliphatic rings. The molecule has 2 rings (SSSR count). The minimum atomic E-state index is -0.446. The fourth-order valence-corrected chi connectivity index (χ4v) is 2.38. The van der Waals surface area contributed by atoms with Gasteiger partial charge in [-0.05, 0) is 49.4 Å². The van der Waals surface area contributed by atoms with Gasteiger partial charge >= 0.3 is 0 Å². The van der Waals surface area contributed by atoms with Gasteiger partial charge in [-0.25, -0.2) is 4.39 Å². The van der Waals surface area contributed by atoms with Crippen LogP contribution >= 0.6 is 11.6 Å². The molecule has 0 bridgehead atoms. The Morgan fingerprint density at radius 2 is 1.80 bits per heavy atom. The Morgan fingerprint density at radius 3 is 2.44 bits per heavy atom. The van der Waals surface area contributed by atoms with Crippen LogP contribution in [0, 0.1) is 5.82 Å². The summed E-state index contributed by atoms with van der Waals surface area (Å²) in [5.74, 6) is -0.840. The summed E-state index contributed by atoms with van der Waals surface area (Å²) < 4.78 is 12.9. The van der Waals surface area contributed by atoms with Crippen LogP contribution in [0.25, 0.3) is 0 Å². The van der Waals surface area contributed by atoms with Crippen LogP contribution in [0.4, 0.5) is 15.8 Å². The quantitative estimate of drug-likeness (QED) is 0.733. The Kier molecular flexibility index (Phi) is 6.50. The van der Waals surface area contributed by atoms with Crippen molar-refractivity contribution in [3.63, 3.8) is 0 Å². The highest BCUT2D eigenvalue weighted by atomic mass is 35.5. The smallest absolute Gasteiger partial charge is 0.282 e. The van der Waals surface area contributed by atoms with E-state index in [9.17, 15) is 14.0 Å². The molecule has 2 amide bonds. The molecule has 0 aliphatic carbocycles. The highest BCUT2D eigenvalue weighted by Crippen LogP contribution is 2.14. The van der Waals surface area contributed by atoms with E-state index < -0.39 is 6.04 Å². The number of carbonyl (C=O) groups excluding carboxylic acids is 2. The lowest BCUT2D eigenvalue weighted by Gasteiger charge is -2.20. The Balaban J connectivity index is 1.88. The highest BCUT2D eigenvalue weighted by Gasteiger charge is 2.24. The first kappa shape index (κ1) is 18.9. The maximum absolute atomic E-state index is 12.9. The number of rotatable bonds is 6. The van der Waals surface area contributed by atoms with E-state index in [-0.39, 0.29) is 24.2 Å². The van der Waals surface area contributed by atoms with Gasteiger partial charge in [0, 0.05) is 16.4 Å². The molecule has 132 valence electrons. The fraction of sp³-hybridized carbons (Fsp3) is 0.222. The molecule has 0 radical (unpaired) electrons. The molecule has 25 heavy (non-hydrogen) atoms. The number of amides is 2. The third kappa shape index (κ3) is 5.85. The molecule has 0 spiro atoms. The van der Waals surface area contributed by atoms with Crippen molar-refractivity contribution in [3.8, 4) is 0 Å². The summed E-state index contributed by atoms with van der Waals surface area (Å²) in [4.78, 5) is 25.1. The van der Waals surface area contributed by atoms with Gasteiger partial charge in [0.15, 0.2) is 12.6 Å². The molecular formula is C18H20ClFN3O2+. The molecule has 1 unspecified atom stereocenters. The monoisotopic (exact) mass is 364 g/mol. The first-order valence-corrected chi connectivity index (χ1v) is 8.17. The van der Waals surface area contributed by atoms with Crippen molar-refractivity contribution < 1.29 is 18.9 Å². The Bertz CT molecular complexity index is 752. The molecule has 2 atom stereocenters. The maximum atomic E-state index is 12.9. The number of halogens is 2. The van der Waals surface area contributed by atoms with Crippen LogP contribution in [0.5, 0.6) is 0 Å².